The number of pyridine rings is 1. The predicted octanol–water partition coefficient (Wildman–Crippen LogP) is 2.07. The number of likely N-dealkylation sites (tertiary alicyclic amines) is 1. The maximum atomic E-state index is 12.4. The van der Waals surface area contributed by atoms with E-state index in [1.165, 1.54) is 5.56 Å². The normalized spacial score (nSPS) is 18.5. The third kappa shape index (κ3) is 2.73. The maximum Gasteiger partial charge on any atom is 0.258 e. The molecule has 6 heteroatoms. The average molecular weight is 323 g/mol. The van der Waals surface area contributed by atoms with Gasteiger partial charge in [-0.15, -0.1) is 0 Å². The van der Waals surface area contributed by atoms with Crippen LogP contribution in [0.3, 0.4) is 0 Å². The first-order valence-corrected chi connectivity index (χ1v) is 8.32. The number of aryl methyl sites for hydroxylation is 2. The summed E-state index contributed by atoms with van der Waals surface area (Å²) in [5.41, 5.74) is 3.81. The number of rotatable bonds is 3. The third-order valence-electron chi connectivity index (χ3n) is 4.70. The zero-order chi connectivity index (χ0) is 16.7. The second kappa shape index (κ2) is 5.87. The molecule has 1 aliphatic rings. The van der Waals surface area contributed by atoms with Gasteiger partial charge in [-0.1, -0.05) is 6.07 Å². The van der Waals surface area contributed by atoms with E-state index in [-0.39, 0.29) is 5.56 Å². The van der Waals surface area contributed by atoms with Crippen LogP contribution in [0, 0.1) is 6.92 Å². The van der Waals surface area contributed by atoms with Crippen LogP contribution in [-0.2, 0) is 13.6 Å². The van der Waals surface area contributed by atoms with Gasteiger partial charge in [0, 0.05) is 43.7 Å². The number of aromatic nitrogens is 4. The summed E-state index contributed by atoms with van der Waals surface area (Å²) in [6, 6.07) is 5.91. The van der Waals surface area contributed by atoms with Crippen molar-refractivity contribution in [3.8, 4) is 0 Å². The van der Waals surface area contributed by atoms with Crippen molar-refractivity contribution < 1.29 is 0 Å². The van der Waals surface area contributed by atoms with Crippen molar-refractivity contribution >= 4 is 5.65 Å². The Labute approximate surface area is 140 Å². The van der Waals surface area contributed by atoms with Gasteiger partial charge in [-0.05, 0) is 37.9 Å². The Bertz CT molecular complexity index is 942. The number of hydrogen-bond donors (Lipinski definition) is 0. The molecule has 124 valence electrons. The molecule has 1 unspecified atom stereocenters. The van der Waals surface area contributed by atoms with Crippen LogP contribution in [0.4, 0.5) is 0 Å². The highest BCUT2D eigenvalue weighted by Gasteiger charge is 2.27. The predicted molar refractivity (Wildman–Crippen MR) is 91.8 cm³/mol. The molecule has 4 heterocycles. The van der Waals surface area contributed by atoms with Gasteiger partial charge in [-0.3, -0.25) is 18.8 Å². The topological polar surface area (TPSA) is 55.4 Å². The van der Waals surface area contributed by atoms with Crippen molar-refractivity contribution in [3.05, 3.63) is 64.0 Å². The van der Waals surface area contributed by atoms with Crippen molar-refractivity contribution in [2.24, 2.45) is 7.05 Å². The summed E-state index contributed by atoms with van der Waals surface area (Å²) >= 11 is 0. The SMILES string of the molecule is Cc1ccc2nc(CN3CCCC3c3cnn(C)c3)cc(=O)n2c1. The Morgan fingerprint density at radius 3 is 2.96 bits per heavy atom. The Kier molecular flexibility index (Phi) is 3.69. The summed E-state index contributed by atoms with van der Waals surface area (Å²) in [5, 5.41) is 4.29. The van der Waals surface area contributed by atoms with E-state index in [2.05, 4.69) is 21.2 Å². The van der Waals surface area contributed by atoms with Crippen LogP contribution in [0.15, 0.2) is 41.6 Å². The van der Waals surface area contributed by atoms with Crippen molar-refractivity contribution in [1.29, 1.82) is 0 Å². The van der Waals surface area contributed by atoms with Gasteiger partial charge >= 0.3 is 0 Å². The van der Waals surface area contributed by atoms with E-state index in [0.717, 1.165) is 30.6 Å². The highest BCUT2D eigenvalue weighted by Crippen LogP contribution is 2.32. The molecule has 1 fully saturated rings. The lowest BCUT2D eigenvalue weighted by atomic mass is 10.1. The van der Waals surface area contributed by atoms with Gasteiger partial charge in [0.1, 0.15) is 5.65 Å². The fourth-order valence-electron chi connectivity index (χ4n) is 3.55. The van der Waals surface area contributed by atoms with Crippen molar-refractivity contribution in [2.45, 2.75) is 32.4 Å². The lowest BCUT2D eigenvalue weighted by molar-refractivity contribution is 0.245. The molecule has 0 saturated carbocycles. The summed E-state index contributed by atoms with van der Waals surface area (Å²) in [4.78, 5) is 19.4. The molecule has 3 aromatic heterocycles. The first-order valence-electron chi connectivity index (χ1n) is 8.32. The van der Waals surface area contributed by atoms with Crippen LogP contribution in [-0.4, -0.2) is 30.6 Å². The van der Waals surface area contributed by atoms with Crippen LogP contribution in [0.5, 0.6) is 0 Å². The Hall–Kier alpha value is -2.47. The maximum absolute atomic E-state index is 12.4. The lowest BCUT2D eigenvalue weighted by Gasteiger charge is -2.23. The second-order valence-corrected chi connectivity index (χ2v) is 6.60. The monoisotopic (exact) mass is 323 g/mol. The van der Waals surface area contributed by atoms with E-state index in [1.807, 2.05) is 43.2 Å². The van der Waals surface area contributed by atoms with E-state index >= 15 is 0 Å². The molecule has 0 aliphatic carbocycles. The standard InChI is InChI=1S/C18H21N5O/c1-13-5-6-17-20-15(8-18(24)23(17)10-13)12-22-7-3-4-16(22)14-9-19-21(2)11-14/h5-6,8-11,16H,3-4,7,12H2,1-2H3. The summed E-state index contributed by atoms with van der Waals surface area (Å²) in [6.07, 6.45) is 8.13. The highest BCUT2D eigenvalue weighted by atomic mass is 16.1. The molecule has 3 aromatic rings. The summed E-state index contributed by atoms with van der Waals surface area (Å²) < 4.78 is 3.45. The summed E-state index contributed by atoms with van der Waals surface area (Å²) in [5.74, 6) is 0. The third-order valence-corrected chi connectivity index (χ3v) is 4.70. The molecule has 0 spiro atoms. The first-order chi connectivity index (χ1) is 11.6. The van der Waals surface area contributed by atoms with Gasteiger partial charge in [0.2, 0.25) is 0 Å². The van der Waals surface area contributed by atoms with Crippen LogP contribution in [0.1, 0.15) is 35.7 Å². The largest absolute Gasteiger partial charge is 0.290 e. The molecule has 1 aliphatic heterocycles. The average Bonchev–Trinajstić information content (AvgIpc) is 3.17. The Balaban J connectivity index is 1.64. The first kappa shape index (κ1) is 15.1. The van der Waals surface area contributed by atoms with E-state index in [1.54, 1.807) is 10.5 Å². The zero-order valence-corrected chi connectivity index (χ0v) is 14.0. The summed E-state index contributed by atoms with van der Waals surface area (Å²) in [6.45, 7) is 3.69. The van der Waals surface area contributed by atoms with Crippen LogP contribution in [0.2, 0.25) is 0 Å². The van der Waals surface area contributed by atoms with Gasteiger partial charge in [0.25, 0.3) is 5.56 Å². The molecule has 1 saturated heterocycles. The molecule has 0 amide bonds. The second-order valence-electron chi connectivity index (χ2n) is 6.60. The number of hydrogen-bond acceptors (Lipinski definition) is 4. The molecule has 0 aromatic carbocycles. The summed E-state index contributed by atoms with van der Waals surface area (Å²) in [7, 11) is 1.94. The Morgan fingerprint density at radius 2 is 2.17 bits per heavy atom. The molecule has 6 nitrogen and oxygen atoms in total. The molecular weight excluding hydrogens is 302 g/mol. The molecule has 1 atom stereocenters. The molecular formula is C18H21N5O. The molecule has 0 radical (unpaired) electrons. The fraction of sp³-hybridized carbons (Fsp3) is 0.389. The van der Waals surface area contributed by atoms with Crippen molar-refractivity contribution in [2.75, 3.05) is 6.54 Å². The molecule has 0 bridgehead atoms. The van der Waals surface area contributed by atoms with Gasteiger partial charge in [-0.2, -0.15) is 5.10 Å². The quantitative estimate of drug-likeness (QED) is 0.740. The molecule has 0 N–H and O–H groups in total. The minimum Gasteiger partial charge on any atom is -0.290 e. The minimum absolute atomic E-state index is 0.0178. The van der Waals surface area contributed by atoms with E-state index in [4.69, 9.17) is 0 Å². The van der Waals surface area contributed by atoms with E-state index in [0.29, 0.717) is 18.2 Å². The van der Waals surface area contributed by atoms with Crippen LogP contribution < -0.4 is 5.56 Å². The zero-order valence-electron chi connectivity index (χ0n) is 14.0. The fourth-order valence-corrected chi connectivity index (χ4v) is 3.55. The minimum atomic E-state index is -0.0178. The smallest absolute Gasteiger partial charge is 0.258 e. The van der Waals surface area contributed by atoms with E-state index < -0.39 is 0 Å². The van der Waals surface area contributed by atoms with E-state index in [9.17, 15) is 4.79 Å². The van der Waals surface area contributed by atoms with Gasteiger partial charge in [-0.25, -0.2) is 4.98 Å². The van der Waals surface area contributed by atoms with Crippen LogP contribution in [0.25, 0.3) is 5.65 Å². The number of nitrogens with zero attached hydrogens (tertiary/aromatic N) is 5. The number of fused-ring (bicyclic) bond motifs is 1. The van der Waals surface area contributed by atoms with Gasteiger partial charge in [0.05, 0.1) is 11.9 Å². The van der Waals surface area contributed by atoms with Gasteiger partial charge in [0.15, 0.2) is 0 Å². The Morgan fingerprint density at radius 1 is 1.29 bits per heavy atom. The lowest BCUT2D eigenvalue weighted by Crippen LogP contribution is -2.25. The molecule has 24 heavy (non-hydrogen) atoms. The highest BCUT2D eigenvalue weighted by molar-refractivity contribution is 5.40. The van der Waals surface area contributed by atoms with Crippen molar-refractivity contribution in [3.63, 3.8) is 0 Å². The van der Waals surface area contributed by atoms with Crippen molar-refractivity contribution in [1.82, 2.24) is 24.1 Å². The molecule has 4 rings (SSSR count). The van der Waals surface area contributed by atoms with Crippen LogP contribution >= 0.6 is 0 Å². The van der Waals surface area contributed by atoms with Gasteiger partial charge < -0.3 is 0 Å².